The number of rotatable bonds is 4. The minimum Gasteiger partial charge on any atom is -0.496 e. The second-order valence-electron chi connectivity index (χ2n) is 8.72. The number of methoxy groups -OCH3 is 1. The van der Waals surface area contributed by atoms with Gasteiger partial charge in [0.15, 0.2) is 0 Å². The van der Waals surface area contributed by atoms with Crippen molar-refractivity contribution in [1.29, 1.82) is 0 Å². The van der Waals surface area contributed by atoms with Crippen LogP contribution >= 0.6 is 0 Å². The molecule has 0 bridgehead atoms. The summed E-state index contributed by atoms with van der Waals surface area (Å²) in [6, 6.07) is 14.7. The van der Waals surface area contributed by atoms with Crippen LogP contribution < -0.4 is 15.8 Å². The molecule has 1 unspecified atom stereocenters. The highest BCUT2D eigenvalue weighted by Gasteiger charge is 2.47. The van der Waals surface area contributed by atoms with Crippen LogP contribution in [0.5, 0.6) is 5.75 Å². The van der Waals surface area contributed by atoms with E-state index >= 15 is 0 Å². The van der Waals surface area contributed by atoms with E-state index in [4.69, 9.17) is 15.5 Å². The molecule has 6 nitrogen and oxygen atoms in total. The van der Waals surface area contributed by atoms with Crippen LogP contribution in [0.2, 0.25) is 0 Å². The summed E-state index contributed by atoms with van der Waals surface area (Å²) in [5.41, 5.74) is 14.4. The molecule has 2 aromatic heterocycles. The van der Waals surface area contributed by atoms with Gasteiger partial charge in [-0.15, -0.1) is 5.92 Å². The summed E-state index contributed by atoms with van der Waals surface area (Å²) < 4.78 is 5.64. The van der Waals surface area contributed by atoms with Gasteiger partial charge in [-0.3, -0.25) is 20.3 Å². The Kier molecular flexibility index (Phi) is 5.81. The zero-order valence-electron chi connectivity index (χ0n) is 20.3. The molecule has 35 heavy (non-hydrogen) atoms. The molecule has 6 heteroatoms. The van der Waals surface area contributed by atoms with E-state index in [0.717, 1.165) is 56.1 Å². The molecule has 1 aliphatic heterocycles. The summed E-state index contributed by atoms with van der Waals surface area (Å²) in [7, 11) is 1.70. The van der Waals surface area contributed by atoms with Crippen LogP contribution in [-0.4, -0.2) is 22.1 Å². The van der Waals surface area contributed by atoms with Crippen LogP contribution in [0.3, 0.4) is 0 Å². The average Bonchev–Trinajstić information content (AvgIpc) is 3.18. The van der Waals surface area contributed by atoms with E-state index in [1.54, 1.807) is 25.7 Å². The van der Waals surface area contributed by atoms with Crippen LogP contribution in [0.25, 0.3) is 11.1 Å². The van der Waals surface area contributed by atoms with Crippen molar-refractivity contribution in [1.82, 2.24) is 20.3 Å². The number of hydrogen-bond donors (Lipinski definition) is 2. The lowest BCUT2D eigenvalue weighted by atomic mass is 9.79. The molecular formula is C29H27N5O. The number of aromatic nitrogens is 3. The molecule has 3 heterocycles. The van der Waals surface area contributed by atoms with Gasteiger partial charge in [-0.05, 0) is 72.9 Å². The SMILES string of the molecule is CC#Cc1cncc(-c2cccc([C@@]3(c4cc(C)c(OC)c(C)c4)NC(N)c4nccnc43)c2)c1. The Bertz CT molecular complexity index is 1460. The molecule has 0 radical (unpaired) electrons. The zero-order valence-corrected chi connectivity index (χ0v) is 20.3. The number of ether oxygens (including phenoxy) is 1. The minimum atomic E-state index is -0.783. The highest BCUT2D eigenvalue weighted by molar-refractivity contribution is 5.67. The molecule has 174 valence electrons. The van der Waals surface area contributed by atoms with Gasteiger partial charge in [0.25, 0.3) is 0 Å². The van der Waals surface area contributed by atoms with Crippen LogP contribution in [0.4, 0.5) is 0 Å². The average molecular weight is 462 g/mol. The van der Waals surface area contributed by atoms with Crippen molar-refractivity contribution >= 4 is 0 Å². The molecule has 3 N–H and O–H groups in total. The van der Waals surface area contributed by atoms with Crippen molar-refractivity contribution in [2.45, 2.75) is 32.5 Å². The van der Waals surface area contributed by atoms with Gasteiger partial charge in [-0.2, -0.15) is 0 Å². The molecule has 5 rings (SSSR count). The third-order valence-electron chi connectivity index (χ3n) is 6.48. The van der Waals surface area contributed by atoms with Crippen molar-refractivity contribution in [3.05, 3.63) is 106 Å². The summed E-state index contributed by atoms with van der Waals surface area (Å²) in [5.74, 6) is 6.91. The number of aryl methyl sites for hydroxylation is 2. The first kappa shape index (κ1) is 22.7. The quantitative estimate of drug-likeness (QED) is 0.439. The predicted octanol–water partition coefficient (Wildman–Crippen LogP) is 4.39. The van der Waals surface area contributed by atoms with Crippen molar-refractivity contribution < 1.29 is 4.74 Å². The van der Waals surface area contributed by atoms with Crippen LogP contribution in [0.15, 0.2) is 67.3 Å². The first-order valence-electron chi connectivity index (χ1n) is 11.5. The molecular weight excluding hydrogens is 434 g/mol. The number of nitrogens with one attached hydrogen (secondary N) is 1. The Morgan fingerprint density at radius 2 is 1.74 bits per heavy atom. The first-order chi connectivity index (χ1) is 17.0. The topological polar surface area (TPSA) is 86.0 Å². The zero-order chi connectivity index (χ0) is 24.6. The lowest BCUT2D eigenvalue weighted by molar-refractivity contribution is 0.406. The monoisotopic (exact) mass is 461 g/mol. The second kappa shape index (κ2) is 8.95. The molecule has 0 fully saturated rings. The van der Waals surface area contributed by atoms with Crippen molar-refractivity contribution in [2.75, 3.05) is 7.11 Å². The summed E-state index contributed by atoms with van der Waals surface area (Å²) in [6.45, 7) is 5.93. The van der Waals surface area contributed by atoms with E-state index in [9.17, 15) is 0 Å². The van der Waals surface area contributed by atoms with Gasteiger partial charge in [0.05, 0.1) is 18.5 Å². The van der Waals surface area contributed by atoms with Crippen molar-refractivity contribution in [3.63, 3.8) is 0 Å². The van der Waals surface area contributed by atoms with E-state index < -0.39 is 11.7 Å². The predicted molar refractivity (Wildman–Crippen MR) is 137 cm³/mol. The van der Waals surface area contributed by atoms with Crippen molar-refractivity contribution in [2.24, 2.45) is 5.73 Å². The van der Waals surface area contributed by atoms with Gasteiger partial charge in [0.1, 0.15) is 17.5 Å². The molecule has 2 atom stereocenters. The molecule has 4 aromatic rings. The van der Waals surface area contributed by atoms with Gasteiger partial charge >= 0.3 is 0 Å². The maximum atomic E-state index is 6.57. The number of fused-ring (bicyclic) bond motifs is 1. The molecule has 0 amide bonds. The molecule has 2 aromatic carbocycles. The van der Waals surface area contributed by atoms with Crippen LogP contribution in [0, 0.1) is 25.7 Å². The lowest BCUT2D eigenvalue weighted by Gasteiger charge is -2.33. The number of nitrogens with two attached hydrogens (primary N) is 1. The fourth-order valence-corrected chi connectivity index (χ4v) is 5.07. The van der Waals surface area contributed by atoms with E-state index in [2.05, 4.69) is 83.4 Å². The maximum absolute atomic E-state index is 6.57. The fraction of sp³-hybridized carbons (Fsp3) is 0.207. The van der Waals surface area contributed by atoms with E-state index in [-0.39, 0.29) is 0 Å². The Labute approximate surface area is 205 Å². The van der Waals surface area contributed by atoms with Gasteiger partial charge < -0.3 is 10.5 Å². The number of pyridine rings is 1. The van der Waals surface area contributed by atoms with E-state index in [1.807, 2.05) is 13.1 Å². The van der Waals surface area contributed by atoms with Crippen molar-refractivity contribution in [3.8, 4) is 28.7 Å². The summed E-state index contributed by atoms with van der Waals surface area (Å²) in [5, 5.41) is 3.64. The molecule has 0 spiro atoms. The minimum absolute atomic E-state index is 0.463. The third kappa shape index (κ3) is 3.75. The third-order valence-corrected chi connectivity index (χ3v) is 6.48. The smallest absolute Gasteiger partial charge is 0.124 e. The summed E-state index contributed by atoms with van der Waals surface area (Å²) in [6.07, 6.45) is 6.57. The van der Waals surface area contributed by atoms with Gasteiger partial charge in [0, 0.05) is 35.9 Å². The van der Waals surface area contributed by atoms with Crippen LogP contribution in [-0.2, 0) is 5.54 Å². The fourth-order valence-electron chi connectivity index (χ4n) is 5.07. The number of benzene rings is 2. The number of hydrogen-bond acceptors (Lipinski definition) is 6. The Morgan fingerprint density at radius 1 is 0.971 bits per heavy atom. The Balaban J connectivity index is 1.76. The Hall–Kier alpha value is -4.05. The van der Waals surface area contributed by atoms with Gasteiger partial charge in [-0.25, -0.2) is 0 Å². The highest BCUT2D eigenvalue weighted by Crippen LogP contribution is 2.45. The molecule has 0 aliphatic carbocycles. The summed E-state index contributed by atoms with van der Waals surface area (Å²) in [4.78, 5) is 13.8. The Morgan fingerprint density at radius 3 is 2.49 bits per heavy atom. The molecule has 0 saturated carbocycles. The standard InChI is InChI=1S/C29H27N5O/c1-5-7-20-14-22(17-31-16-20)21-8-6-9-23(15-21)29(24-12-18(2)26(35-4)19(3)13-24)27-25(28(30)34-29)32-10-11-33-27/h6,8-17,28,34H,30H2,1-4H3/t28?,29-/m0/s1. The summed E-state index contributed by atoms with van der Waals surface area (Å²) >= 11 is 0. The molecule has 1 aliphatic rings. The van der Waals surface area contributed by atoms with E-state index in [1.165, 1.54) is 0 Å². The number of nitrogens with zero attached hydrogens (tertiary/aromatic N) is 3. The van der Waals surface area contributed by atoms with Gasteiger partial charge in [-0.1, -0.05) is 24.1 Å². The lowest BCUT2D eigenvalue weighted by Crippen LogP contribution is -2.43. The maximum Gasteiger partial charge on any atom is 0.124 e. The van der Waals surface area contributed by atoms with Gasteiger partial charge in [0.2, 0.25) is 0 Å². The van der Waals surface area contributed by atoms with Crippen LogP contribution in [0.1, 0.15) is 52.3 Å². The first-order valence-corrected chi connectivity index (χ1v) is 11.5. The second-order valence-corrected chi connectivity index (χ2v) is 8.72. The highest BCUT2D eigenvalue weighted by atomic mass is 16.5. The normalized spacial score (nSPS) is 18.5. The van der Waals surface area contributed by atoms with E-state index in [0.29, 0.717) is 0 Å². The molecule has 0 saturated heterocycles. The largest absolute Gasteiger partial charge is 0.496 e.